The molecule has 0 amide bonds. The first-order chi connectivity index (χ1) is 11.4. The summed E-state index contributed by atoms with van der Waals surface area (Å²) in [5.74, 6) is 1.24. The Hall–Kier alpha value is -2.54. The van der Waals surface area contributed by atoms with Crippen LogP contribution in [0.3, 0.4) is 0 Å². The zero-order valence-electron chi connectivity index (χ0n) is 12.7. The van der Waals surface area contributed by atoms with Gasteiger partial charge in [0.2, 0.25) is 11.7 Å². The number of hydrogen-bond acceptors (Lipinski definition) is 6. The van der Waals surface area contributed by atoms with E-state index in [1.807, 2.05) is 35.3 Å². The molecular formula is C16H18N6O. The molecule has 118 valence electrons. The van der Waals surface area contributed by atoms with E-state index in [-0.39, 0.29) is 0 Å². The van der Waals surface area contributed by atoms with Crippen LogP contribution in [-0.4, -0.2) is 42.4 Å². The molecule has 1 saturated heterocycles. The molecule has 1 fully saturated rings. The summed E-state index contributed by atoms with van der Waals surface area (Å²) in [4.78, 5) is 11.0. The van der Waals surface area contributed by atoms with E-state index < -0.39 is 0 Å². The van der Waals surface area contributed by atoms with Gasteiger partial charge in [0.15, 0.2) is 0 Å². The van der Waals surface area contributed by atoms with Gasteiger partial charge < -0.3 is 4.52 Å². The van der Waals surface area contributed by atoms with Gasteiger partial charge in [-0.15, -0.1) is 0 Å². The van der Waals surface area contributed by atoms with Crippen molar-refractivity contribution in [2.45, 2.75) is 32.0 Å². The van der Waals surface area contributed by atoms with Crippen LogP contribution >= 0.6 is 0 Å². The van der Waals surface area contributed by atoms with Crippen LogP contribution in [0.15, 0.2) is 47.5 Å². The lowest BCUT2D eigenvalue weighted by atomic mass is 10.2. The second-order valence-corrected chi connectivity index (χ2v) is 5.75. The fourth-order valence-electron chi connectivity index (χ4n) is 3.04. The SMILES string of the molecule is c1cncc(-c2noc(CN3CCCC3Cn3cccn3)n2)c1. The molecular weight excluding hydrogens is 292 g/mol. The normalized spacial score (nSPS) is 18.5. The van der Waals surface area contributed by atoms with Crippen molar-refractivity contribution in [3.8, 4) is 11.4 Å². The Kier molecular flexibility index (Phi) is 3.85. The lowest BCUT2D eigenvalue weighted by Crippen LogP contribution is -2.32. The second-order valence-electron chi connectivity index (χ2n) is 5.75. The summed E-state index contributed by atoms with van der Waals surface area (Å²) in [6, 6.07) is 6.21. The number of aromatic nitrogens is 5. The molecule has 0 saturated carbocycles. The average molecular weight is 310 g/mol. The van der Waals surface area contributed by atoms with Crippen molar-refractivity contribution in [2.75, 3.05) is 6.54 Å². The summed E-state index contributed by atoms with van der Waals surface area (Å²) >= 11 is 0. The van der Waals surface area contributed by atoms with E-state index >= 15 is 0 Å². The maximum atomic E-state index is 5.41. The van der Waals surface area contributed by atoms with Gasteiger partial charge >= 0.3 is 0 Å². The molecule has 0 spiro atoms. The van der Waals surface area contributed by atoms with Crippen molar-refractivity contribution in [1.82, 2.24) is 29.8 Å². The van der Waals surface area contributed by atoms with Gasteiger partial charge in [0.1, 0.15) is 0 Å². The predicted octanol–water partition coefficient (Wildman–Crippen LogP) is 1.99. The highest BCUT2D eigenvalue weighted by molar-refractivity contribution is 5.51. The molecule has 0 radical (unpaired) electrons. The Morgan fingerprint density at radius 3 is 3.09 bits per heavy atom. The lowest BCUT2D eigenvalue weighted by Gasteiger charge is -2.22. The maximum Gasteiger partial charge on any atom is 0.241 e. The minimum atomic E-state index is 0.462. The topological polar surface area (TPSA) is 72.9 Å². The van der Waals surface area contributed by atoms with Crippen molar-refractivity contribution in [3.05, 3.63) is 48.9 Å². The lowest BCUT2D eigenvalue weighted by molar-refractivity contribution is 0.192. The van der Waals surface area contributed by atoms with Crippen LogP contribution in [0.1, 0.15) is 18.7 Å². The Morgan fingerprint density at radius 1 is 1.26 bits per heavy atom. The van der Waals surface area contributed by atoms with E-state index in [0.29, 0.717) is 24.3 Å². The molecule has 3 aromatic heterocycles. The van der Waals surface area contributed by atoms with E-state index in [0.717, 1.165) is 18.7 Å². The third-order valence-electron chi connectivity index (χ3n) is 4.18. The fourth-order valence-corrected chi connectivity index (χ4v) is 3.04. The van der Waals surface area contributed by atoms with Gasteiger partial charge in [-0.25, -0.2) is 0 Å². The Morgan fingerprint density at radius 2 is 2.26 bits per heavy atom. The van der Waals surface area contributed by atoms with E-state index in [4.69, 9.17) is 4.52 Å². The Bertz CT molecular complexity index is 739. The van der Waals surface area contributed by atoms with Crippen LogP contribution < -0.4 is 0 Å². The second kappa shape index (κ2) is 6.29. The number of rotatable bonds is 5. The van der Waals surface area contributed by atoms with Crippen LogP contribution in [0.25, 0.3) is 11.4 Å². The maximum absolute atomic E-state index is 5.41. The van der Waals surface area contributed by atoms with Gasteiger partial charge in [0.25, 0.3) is 0 Å². The van der Waals surface area contributed by atoms with E-state index in [2.05, 4.69) is 25.1 Å². The number of nitrogens with zero attached hydrogens (tertiary/aromatic N) is 6. The van der Waals surface area contributed by atoms with Gasteiger partial charge in [-0.2, -0.15) is 10.1 Å². The van der Waals surface area contributed by atoms with Crippen LogP contribution in [0.2, 0.25) is 0 Å². The van der Waals surface area contributed by atoms with Crippen molar-refractivity contribution in [1.29, 1.82) is 0 Å². The van der Waals surface area contributed by atoms with Gasteiger partial charge in [-0.1, -0.05) is 5.16 Å². The van der Waals surface area contributed by atoms with E-state index in [9.17, 15) is 0 Å². The summed E-state index contributed by atoms with van der Waals surface area (Å²) in [7, 11) is 0. The molecule has 1 unspecified atom stereocenters. The third kappa shape index (κ3) is 3.14. The molecule has 7 nitrogen and oxygen atoms in total. The van der Waals surface area contributed by atoms with Crippen molar-refractivity contribution < 1.29 is 4.52 Å². The van der Waals surface area contributed by atoms with Crippen molar-refractivity contribution >= 4 is 0 Å². The zero-order valence-corrected chi connectivity index (χ0v) is 12.7. The first-order valence-electron chi connectivity index (χ1n) is 7.83. The van der Waals surface area contributed by atoms with Gasteiger partial charge in [0, 0.05) is 36.4 Å². The number of hydrogen-bond donors (Lipinski definition) is 0. The monoisotopic (exact) mass is 310 g/mol. The minimum absolute atomic E-state index is 0.462. The number of pyridine rings is 1. The fraction of sp³-hybridized carbons (Fsp3) is 0.375. The van der Waals surface area contributed by atoms with Crippen molar-refractivity contribution in [2.24, 2.45) is 0 Å². The largest absolute Gasteiger partial charge is 0.338 e. The van der Waals surface area contributed by atoms with E-state index in [1.54, 1.807) is 12.4 Å². The highest BCUT2D eigenvalue weighted by Gasteiger charge is 2.26. The Balaban J connectivity index is 1.44. The van der Waals surface area contributed by atoms with Gasteiger partial charge in [-0.05, 0) is 37.6 Å². The Labute approximate surface area is 134 Å². The highest BCUT2D eigenvalue weighted by atomic mass is 16.5. The molecule has 4 rings (SSSR count). The van der Waals surface area contributed by atoms with Crippen molar-refractivity contribution in [3.63, 3.8) is 0 Å². The molecule has 0 aliphatic carbocycles. The number of likely N-dealkylation sites (tertiary alicyclic amines) is 1. The quantitative estimate of drug-likeness (QED) is 0.717. The molecule has 1 aliphatic heterocycles. The molecule has 23 heavy (non-hydrogen) atoms. The summed E-state index contributed by atoms with van der Waals surface area (Å²) in [5, 5.41) is 8.36. The standard InChI is InChI=1S/C16H18N6O/c1-4-13(10-17-6-1)16-19-15(23-20-16)12-21-8-2-5-14(21)11-22-9-3-7-18-22/h1,3-4,6-7,9-10,14H,2,5,8,11-12H2. The van der Waals surface area contributed by atoms with Crippen LogP contribution in [-0.2, 0) is 13.1 Å². The molecule has 7 heteroatoms. The predicted molar refractivity (Wildman–Crippen MR) is 83.2 cm³/mol. The summed E-state index contributed by atoms with van der Waals surface area (Å²) in [5.41, 5.74) is 0.872. The van der Waals surface area contributed by atoms with Crippen LogP contribution in [0.4, 0.5) is 0 Å². The van der Waals surface area contributed by atoms with Gasteiger partial charge in [-0.3, -0.25) is 14.6 Å². The van der Waals surface area contributed by atoms with Crippen LogP contribution in [0, 0.1) is 0 Å². The minimum Gasteiger partial charge on any atom is -0.338 e. The summed E-state index contributed by atoms with van der Waals surface area (Å²) in [6.07, 6.45) is 9.65. The molecule has 3 aromatic rings. The third-order valence-corrected chi connectivity index (χ3v) is 4.18. The van der Waals surface area contributed by atoms with Gasteiger partial charge in [0.05, 0.1) is 13.1 Å². The molecule has 4 heterocycles. The first-order valence-corrected chi connectivity index (χ1v) is 7.83. The smallest absolute Gasteiger partial charge is 0.241 e. The molecule has 1 aliphatic rings. The molecule has 1 atom stereocenters. The summed E-state index contributed by atoms with van der Waals surface area (Å²) in [6.45, 7) is 2.63. The van der Waals surface area contributed by atoms with E-state index in [1.165, 1.54) is 12.8 Å². The molecule has 0 aromatic carbocycles. The highest BCUT2D eigenvalue weighted by Crippen LogP contribution is 2.22. The first kappa shape index (κ1) is 14.1. The zero-order chi connectivity index (χ0) is 15.5. The average Bonchev–Trinajstić information content (AvgIpc) is 3.33. The molecule has 0 N–H and O–H groups in total. The van der Waals surface area contributed by atoms with Crippen LogP contribution in [0.5, 0.6) is 0 Å². The molecule has 0 bridgehead atoms. The summed E-state index contributed by atoms with van der Waals surface area (Å²) < 4.78 is 7.40.